The third-order valence-electron chi connectivity index (χ3n) is 4.50. The van der Waals surface area contributed by atoms with Gasteiger partial charge in [0.15, 0.2) is 0 Å². The lowest BCUT2D eigenvalue weighted by atomic mass is 10.1. The number of benzene rings is 1. The van der Waals surface area contributed by atoms with Gasteiger partial charge in [0, 0.05) is 31.4 Å². The smallest absolute Gasteiger partial charge is 0.272 e. The van der Waals surface area contributed by atoms with Gasteiger partial charge in [-0.2, -0.15) is 10.2 Å². The highest BCUT2D eigenvalue weighted by molar-refractivity contribution is 5.93. The average Bonchev–Trinajstić information content (AvgIpc) is 3.17. The van der Waals surface area contributed by atoms with Crippen LogP contribution in [0.15, 0.2) is 30.3 Å². The van der Waals surface area contributed by atoms with Crippen LogP contribution in [-0.4, -0.2) is 37.3 Å². The molecule has 0 fully saturated rings. The van der Waals surface area contributed by atoms with Crippen LogP contribution in [0.25, 0.3) is 11.3 Å². The molecule has 26 heavy (non-hydrogen) atoms. The van der Waals surface area contributed by atoms with E-state index in [9.17, 15) is 9.18 Å². The van der Waals surface area contributed by atoms with Gasteiger partial charge in [0.05, 0.1) is 11.4 Å². The molecule has 0 atom stereocenters. The van der Waals surface area contributed by atoms with Gasteiger partial charge in [-0.15, -0.1) is 0 Å². The van der Waals surface area contributed by atoms with Crippen LogP contribution in [0.3, 0.4) is 0 Å². The molecule has 0 saturated heterocycles. The molecule has 7 heteroatoms. The second-order valence-corrected chi connectivity index (χ2v) is 6.29. The van der Waals surface area contributed by atoms with Crippen molar-refractivity contribution in [3.05, 3.63) is 58.8 Å². The Morgan fingerprint density at radius 3 is 2.69 bits per heavy atom. The fourth-order valence-electron chi connectivity index (χ4n) is 3.06. The zero-order valence-electron chi connectivity index (χ0n) is 15.4. The van der Waals surface area contributed by atoms with E-state index in [1.165, 1.54) is 12.1 Å². The summed E-state index contributed by atoms with van der Waals surface area (Å²) in [5, 5.41) is 11.5. The van der Waals surface area contributed by atoms with Crippen molar-refractivity contribution in [3.8, 4) is 11.3 Å². The molecule has 0 aliphatic heterocycles. The summed E-state index contributed by atoms with van der Waals surface area (Å²) in [6.45, 7) is 6.62. The van der Waals surface area contributed by atoms with Crippen molar-refractivity contribution in [1.82, 2.24) is 24.9 Å². The lowest BCUT2D eigenvalue weighted by Crippen LogP contribution is -2.30. The van der Waals surface area contributed by atoms with E-state index in [4.69, 9.17) is 0 Å². The van der Waals surface area contributed by atoms with Crippen LogP contribution in [0.5, 0.6) is 0 Å². The number of nitrogens with zero attached hydrogens (tertiary/aromatic N) is 4. The summed E-state index contributed by atoms with van der Waals surface area (Å²) in [5.41, 5.74) is 4.62. The molecule has 1 aromatic carbocycles. The summed E-state index contributed by atoms with van der Waals surface area (Å²) in [5.74, 6) is -0.480. The number of carbonyl (C=O) groups excluding carboxylic acids is 1. The molecule has 0 saturated carbocycles. The molecular weight excluding hydrogens is 333 g/mol. The van der Waals surface area contributed by atoms with Crippen molar-refractivity contribution in [2.75, 3.05) is 6.54 Å². The van der Waals surface area contributed by atoms with Gasteiger partial charge in [-0.05, 0) is 44.5 Å². The van der Waals surface area contributed by atoms with Crippen LogP contribution in [0.4, 0.5) is 4.39 Å². The fourth-order valence-corrected chi connectivity index (χ4v) is 3.06. The number of hydrogen-bond acceptors (Lipinski definition) is 3. The van der Waals surface area contributed by atoms with E-state index in [1.807, 2.05) is 27.8 Å². The van der Waals surface area contributed by atoms with Gasteiger partial charge in [0.2, 0.25) is 0 Å². The topological polar surface area (TPSA) is 66.8 Å². The largest absolute Gasteiger partial charge is 0.333 e. The number of amides is 1. The number of hydrogen-bond donors (Lipinski definition) is 1. The molecule has 0 bridgehead atoms. The molecule has 1 N–H and O–H groups in total. The van der Waals surface area contributed by atoms with E-state index in [2.05, 4.69) is 15.3 Å². The molecule has 0 unspecified atom stereocenters. The lowest BCUT2D eigenvalue weighted by Gasteiger charge is -2.20. The molecule has 0 aliphatic carbocycles. The van der Waals surface area contributed by atoms with E-state index < -0.39 is 0 Å². The van der Waals surface area contributed by atoms with E-state index >= 15 is 0 Å². The number of aromatic amines is 1. The Morgan fingerprint density at radius 2 is 2.08 bits per heavy atom. The summed E-state index contributed by atoms with van der Waals surface area (Å²) in [4.78, 5) is 14.5. The number of carbonyl (C=O) groups is 1. The van der Waals surface area contributed by atoms with Crippen LogP contribution >= 0.6 is 0 Å². The number of halogens is 1. The molecule has 1 amide bonds. The molecule has 6 nitrogen and oxygen atoms in total. The molecular formula is C19H22FN5O. The van der Waals surface area contributed by atoms with Crippen LogP contribution in [0.1, 0.15) is 34.4 Å². The maximum atomic E-state index is 13.4. The maximum Gasteiger partial charge on any atom is 0.272 e. The number of aryl methyl sites for hydroxylation is 2. The first kappa shape index (κ1) is 17.8. The van der Waals surface area contributed by atoms with E-state index in [0.29, 0.717) is 24.5 Å². The Balaban J connectivity index is 1.84. The Labute approximate surface area is 151 Å². The standard InChI is InChI=1S/C19H22FN5O/c1-5-25(11-14-7-6-8-15(20)9-14)19(26)17-10-16(21-22-17)18-12(2)23-24(4)13(18)3/h6-10H,5,11H2,1-4H3,(H,21,22). The predicted octanol–water partition coefficient (Wildman–Crippen LogP) is 3.23. The third-order valence-corrected chi connectivity index (χ3v) is 4.50. The Hall–Kier alpha value is -2.96. The number of rotatable bonds is 5. The Morgan fingerprint density at radius 1 is 1.31 bits per heavy atom. The molecule has 0 spiro atoms. The van der Waals surface area contributed by atoms with Crippen LogP contribution in [-0.2, 0) is 13.6 Å². The summed E-state index contributed by atoms with van der Waals surface area (Å²) >= 11 is 0. The molecule has 2 aromatic heterocycles. The van der Waals surface area contributed by atoms with Gasteiger partial charge < -0.3 is 4.90 Å². The lowest BCUT2D eigenvalue weighted by molar-refractivity contribution is 0.0746. The molecule has 136 valence electrons. The highest BCUT2D eigenvalue weighted by Gasteiger charge is 2.20. The Kier molecular flexibility index (Phi) is 4.88. The summed E-state index contributed by atoms with van der Waals surface area (Å²) in [6.07, 6.45) is 0. The molecule has 3 rings (SSSR count). The molecule has 0 aliphatic rings. The van der Waals surface area contributed by atoms with Crippen LogP contribution in [0, 0.1) is 19.7 Å². The van der Waals surface area contributed by atoms with Crippen LogP contribution in [0.2, 0.25) is 0 Å². The van der Waals surface area contributed by atoms with E-state index in [1.54, 1.807) is 27.8 Å². The van der Waals surface area contributed by atoms with Crippen molar-refractivity contribution in [3.63, 3.8) is 0 Å². The molecule has 3 aromatic rings. The minimum absolute atomic E-state index is 0.172. The number of H-pyrrole nitrogens is 1. The van der Waals surface area contributed by atoms with Crippen molar-refractivity contribution in [2.45, 2.75) is 27.3 Å². The normalized spacial score (nSPS) is 11.0. The minimum Gasteiger partial charge on any atom is -0.333 e. The summed E-state index contributed by atoms with van der Waals surface area (Å²) < 4.78 is 15.2. The molecule has 2 heterocycles. The Bertz CT molecular complexity index is 943. The fraction of sp³-hybridized carbons (Fsp3) is 0.316. The van der Waals surface area contributed by atoms with Crippen molar-refractivity contribution >= 4 is 5.91 Å². The first-order valence-corrected chi connectivity index (χ1v) is 8.50. The first-order chi connectivity index (χ1) is 12.4. The van der Waals surface area contributed by atoms with E-state index in [-0.39, 0.29) is 11.7 Å². The van der Waals surface area contributed by atoms with Crippen molar-refractivity contribution < 1.29 is 9.18 Å². The average molecular weight is 355 g/mol. The predicted molar refractivity (Wildman–Crippen MR) is 97.1 cm³/mol. The second-order valence-electron chi connectivity index (χ2n) is 6.29. The van der Waals surface area contributed by atoms with Crippen molar-refractivity contribution in [1.29, 1.82) is 0 Å². The minimum atomic E-state index is -0.308. The van der Waals surface area contributed by atoms with Gasteiger partial charge >= 0.3 is 0 Å². The van der Waals surface area contributed by atoms with Gasteiger partial charge in [-0.3, -0.25) is 14.6 Å². The van der Waals surface area contributed by atoms with Gasteiger partial charge in [-0.1, -0.05) is 12.1 Å². The van der Waals surface area contributed by atoms with Gasteiger partial charge in [0.1, 0.15) is 11.5 Å². The van der Waals surface area contributed by atoms with Gasteiger partial charge in [-0.25, -0.2) is 4.39 Å². The van der Waals surface area contributed by atoms with Gasteiger partial charge in [0.25, 0.3) is 5.91 Å². The van der Waals surface area contributed by atoms with E-state index in [0.717, 1.165) is 22.5 Å². The monoisotopic (exact) mass is 355 g/mol. The summed E-state index contributed by atoms with van der Waals surface area (Å²) in [7, 11) is 1.88. The van der Waals surface area contributed by atoms with Crippen LogP contribution < -0.4 is 0 Å². The SMILES string of the molecule is CCN(Cc1cccc(F)c1)C(=O)c1cc(-c2c(C)nn(C)c2C)n[nH]1. The highest BCUT2D eigenvalue weighted by atomic mass is 19.1. The third kappa shape index (κ3) is 3.37. The zero-order chi connectivity index (χ0) is 18.8. The highest BCUT2D eigenvalue weighted by Crippen LogP contribution is 2.25. The zero-order valence-corrected chi connectivity index (χ0v) is 15.4. The second kappa shape index (κ2) is 7.11. The quantitative estimate of drug-likeness (QED) is 0.764. The maximum absolute atomic E-state index is 13.4. The number of nitrogens with one attached hydrogen (secondary N) is 1. The summed E-state index contributed by atoms with van der Waals surface area (Å²) in [6, 6.07) is 8.02. The first-order valence-electron chi connectivity index (χ1n) is 8.50. The molecule has 0 radical (unpaired) electrons. The van der Waals surface area contributed by atoms with Crippen molar-refractivity contribution in [2.24, 2.45) is 7.05 Å². The number of aromatic nitrogens is 4.